The van der Waals surface area contributed by atoms with Gasteiger partial charge in [0.25, 0.3) is 0 Å². The highest BCUT2D eigenvalue weighted by Crippen LogP contribution is 2.33. The SMILES string of the molecule is Cc1cc(C)n(-c2ncnc(Nc3cccc4ccccc34)c2[N+](=O)[O-])n1. The molecular weight excluding hydrogens is 344 g/mol. The Bertz CT molecular complexity index is 1160. The molecule has 2 heterocycles. The maximum atomic E-state index is 11.8. The molecule has 0 spiro atoms. The molecule has 0 amide bonds. The fraction of sp³-hybridized carbons (Fsp3) is 0.105. The molecule has 0 aliphatic heterocycles. The third kappa shape index (κ3) is 2.97. The molecule has 0 radical (unpaired) electrons. The van der Waals surface area contributed by atoms with Crippen LogP contribution in [0, 0.1) is 24.0 Å². The van der Waals surface area contributed by atoms with Crippen LogP contribution in [0.4, 0.5) is 17.2 Å². The van der Waals surface area contributed by atoms with E-state index < -0.39 is 4.92 Å². The zero-order valence-electron chi connectivity index (χ0n) is 14.7. The van der Waals surface area contributed by atoms with E-state index in [0.717, 1.165) is 27.8 Å². The Labute approximate surface area is 154 Å². The summed E-state index contributed by atoms with van der Waals surface area (Å²) >= 11 is 0. The molecule has 0 fully saturated rings. The van der Waals surface area contributed by atoms with Crippen LogP contribution in [-0.2, 0) is 0 Å². The van der Waals surface area contributed by atoms with Crippen molar-refractivity contribution in [3.63, 3.8) is 0 Å². The van der Waals surface area contributed by atoms with Crippen LogP contribution < -0.4 is 5.32 Å². The maximum Gasteiger partial charge on any atom is 0.355 e. The average Bonchev–Trinajstić information content (AvgIpc) is 2.99. The van der Waals surface area contributed by atoms with Crippen LogP contribution in [0.15, 0.2) is 54.9 Å². The zero-order chi connectivity index (χ0) is 19.0. The minimum Gasteiger partial charge on any atom is -0.334 e. The van der Waals surface area contributed by atoms with Crippen LogP contribution >= 0.6 is 0 Å². The van der Waals surface area contributed by atoms with Gasteiger partial charge in [0.15, 0.2) is 0 Å². The lowest BCUT2D eigenvalue weighted by atomic mass is 10.1. The second-order valence-electron chi connectivity index (χ2n) is 6.14. The van der Waals surface area contributed by atoms with Gasteiger partial charge in [0, 0.05) is 16.8 Å². The van der Waals surface area contributed by atoms with Crippen molar-refractivity contribution < 1.29 is 4.92 Å². The lowest BCUT2D eigenvalue weighted by Crippen LogP contribution is -2.10. The Hall–Kier alpha value is -3.81. The molecule has 0 bridgehead atoms. The summed E-state index contributed by atoms with van der Waals surface area (Å²) in [5.74, 6) is 0.247. The number of nitrogens with zero attached hydrogens (tertiary/aromatic N) is 5. The molecule has 4 rings (SSSR count). The predicted molar refractivity (Wildman–Crippen MR) is 103 cm³/mol. The van der Waals surface area contributed by atoms with E-state index in [0.29, 0.717) is 0 Å². The van der Waals surface area contributed by atoms with Crippen LogP contribution in [-0.4, -0.2) is 24.7 Å². The van der Waals surface area contributed by atoms with E-state index in [2.05, 4.69) is 20.4 Å². The minimum absolute atomic E-state index is 0.119. The van der Waals surface area contributed by atoms with Crippen molar-refractivity contribution >= 4 is 28.0 Å². The molecule has 1 N–H and O–H groups in total. The van der Waals surface area contributed by atoms with Crippen molar-refractivity contribution in [2.45, 2.75) is 13.8 Å². The Kier molecular flexibility index (Phi) is 4.00. The zero-order valence-corrected chi connectivity index (χ0v) is 14.7. The molecule has 0 saturated carbocycles. The highest BCUT2D eigenvalue weighted by molar-refractivity contribution is 5.95. The maximum absolute atomic E-state index is 11.8. The van der Waals surface area contributed by atoms with Gasteiger partial charge in [-0.25, -0.2) is 14.6 Å². The second kappa shape index (κ2) is 6.49. The Balaban J connectivity index is 1.87. The topological polar surface area (TPSA) is 98.8 Å². The van der Waals surface area contributed by atoms with Gasteiger partial charge in [-0.1, -0.05) is 36.4 Å². The number of aromatic nitrogens is 4. The molecule has 0 aliphatic carbocycles. The van der Waals surface area contributed by atoms with Gasteiger partial charge in [-0.15, -0.1) is 0 Å². The molecule has 0 saturated heterocycles. The van der Waals surface area contributed by atoms with Gasteiger partial charge in [-0.3, -0.25) is 10.1 Å². The Morgan fingerprint density at radius 3 is 2.59 bits per heavy atom. The van der Waals surface area contributed by atoms with Crippen LogP contribution in [0.1, 0.15) is 11.4 Å². The van der Waals surface area contributed by atoms with Gasteiger partial charge in [0.05, 0.1) is 10.6 Å². The molecule has 4 aromatic rings. The van der Waals surface area contributed by atoms with E-state index in [1.807, 2.05) is 62.4 Å². The largest absolute Gasteiger partial charge is 0.355 e. The van der Waals surface area contributed by atoms with Gasteiger partial charge < -0.3 is 5.32 Å². The first-order chi connectivity index (χ1) is 13.0. The first-order valence-electron chi connectivity index (χ1n) is 8.32. The predicted octanol–water partition coefficient (Wildman–Crippen LogP) is 4.08. The van der Waals surface area contributed by atoms with Crippen molar-refractivity contribution in [2.24, 2.45) is 0 Å². The fourth-order valence-electron chi connectivity index (χ4n) is 3.09. The number of nitrogens with one attached hydrogen (secondary N) is 1. The quantitative estimate of drug-likeness (QED) is 0.435. The number of fused-ring (bicyclic) bond motifs is 1. The molecule has 0 unspecified atom stereocenters. The van der Waals surface area contributed by atoms with E-state index in [4.69, 9.17) is 0 Å². The number of hydrogen-bond acceptors (Lipinski definition) is 6. The molecule has 0 atom stereocenters. The molecule has 8 nitrogen and oxygen atoms in total. The lowest BCUT2D eigenvalue weighted by molar-refractivity contribution is -0.384. The Morgan fingerprint density at radius 2 is 1.85 bits per heavy atom. The highest BCUT2D eigenvalue weighted by Gasteiger charge is 2.26. The molecular formula is C19H16N6O2. The van der Waals surface area contributed by atoms with Gasteiger partial charge in [0.2, 0.25) is 11.6 Å². The lowest BCUT2D eigenvalue weighted by Gasteiger charge is -2.11. The van der Waals surface area contributed by atoms with Gasteiger partial charge in [-0.05, 0) is 31.4 Å². The van der Waals surface area contributed by atoms with E-state index >= 15 is 0 Å². The van der Waals surface area contributed by atoms with E-state index in [1.165, 1.54) is 11.0 Å². The van der Waals surface area contributed by atoms with Crippen molar-refractivity contribution in [2.75, 3.05) is 5.32 Å². The second-order valence-corrected chi connectivity index (χ2v) is 6.14. The van der Waals surface area contributed by atoms with Crippen molar-refractivity contribution in [3.05, 3.63) is 76.4 Å². The minimum atomic E-state index is -0.487. The fourth-order valence-corrected chi connectivity index (χ4v) is 3.09. The summed E-state index contributed by atoms with van der Waals surface area (Å²) in [5, 5.41) is 21.2. The van der Waals surface area contributed by atoms with Crippen LogP contribution in [0.25, 0.3) is 16.6 Å². The summed E-state index contributed by atoms with van der Waals surface area (Å²) in [6, 6.07) is 15.4. The Morgan fingerprint density at radius 1 is 1.07 bits per heavy atom. The summed E-state index contributed by atoms with van der Waals surface area (Å²) in [6.45, 7) is 3.65. The normalized spacial score (nSPS) is 10.9. The van der Waals surface area contributed by atoms with Crippen LogP contribution in [0.5, 0.6) is 0 Å². The third-order valence-electron chi connectivity index (χ3n) is 4.24. The molecule has 0 aliphatic rings. The number of rotatable bonds is 4. The smallest absolute Gasteiger partial charge is 0.334 e. The number of aryl methyl sites for hydroxylation is 2. The van der Waals surface area contributed by atoms with Crippen molar-refractivity contribution in [3.8, 4) is 5.82 Å². The highest BCUT2D eigenvalue weighted by atomic mass is 16.6. The van der Waals surface area contributed by atoms with Gasteiger partial charge in [0.1, 0.15) is 6.33 Å². The summed E-state index contributed by atoms with van der Waals surface area (Å²) in [4.78, 5) is 19.6. The monoisotopic (exact) mass is 360 g/mol. The summed E-state index contributed by atoms with van der Waals surface area (Å²) in [7, 11) is 0. The van der Waals surface area contributed by atoms with Gasteiger partial charge >= 0.3 is 5.69 Å². The van der Waals surface area contributed by atoms with Gasteiger partial charge in [-0.2, -0.15) is 5.10 Å². The number of anilines is 2. The van der Waals surface area contributed by atoms with E-state index in [-0.39, 0.29) is 17.3 Å². The van der Waals surface area contributed by atoms with E-state index in [1.54, 1.807) is 0 Å². The van der Waals surface area contributed by atoms with Crippen molar-refractivity contribution in [1.29, 1.82) is 0 Å². The average molecular weight is 360 g/mol. The molecule has 8 heteroatoms. The van der Waals surface area contributed by atoms with Crippen molar-refractivity contribution in [1.82, 2.24) is 19.7 Å². The number of nitro groups is 1. The standard InChI is InChI=1S/C19H16N6O2/c1-12-10-13(2)24(23-12)19-17(25(26)27)18(20-11-21-19)22-16-9-5-7-14-6-3-4-8-15(14)16/h3-11H,1-2H3,(H,20,21,22). The summed E-state index contributed by atoms with van der Waals surface area (Å²) in [6.07, 6.45) is 1.30. The molecule has 134 valence electrons. The molecule has 2 aromatic carbocycles. The molecule has 2 aromatic heterocycles. The van der Waals surface area contributed by atoms with E-state index in [9.17, 15) is 10.1 Å². The summed E-state index contributed by atoms with van der Waals surface area (Å²) < 4.78 is 1.46. The third-order valence-corrected chi connectivity index (χ3v) is 4.24. The van der Waals surface area contributed by atoms with Crippen LogP contribution in [0.3, 0.4) is 0 Å². The number of benzene rings is 2. The summed E-state index contributed by atoms with van der Waals surface area (Å²) in [5.41, 5.74) is 2.01. The first kappa shape index (κ1) is 16.6. The molecule has 27 heavy (non-hydrogen) atoms. The first-order valence-corrected chi connectivity index (χ1v) is 8.32. The van der Waals surface area contributed by atoms with Crippen LogP contribution in [0.2, 0.25) is 0 Å². The number of hydrogen-bond donors (Lipinski definition) is 1.